The molecule has 2 rings (SSSR count). The molecule has 0 saturated carbocycles. The number of rotatable bonds is 9. The summed E-state index contributed by atoms with van der Waals surface area (Å²) >= 11 is 0. The number of carbonyl (C=O) groups excluding carboxylic acids is 1. The highest BCUT2D eigenvalue weighted by atomic mass is 32.2. The number of benzene rings is 2. The van der Waals surface area contributed by atoms with Crippen molar-refractivity contribution in [1.29, 1.82) is 0 Å². The Hall–Kier alpha value is -2.51. The number of nitrogens with zero attached hydrogens (tertiary/aromatic N) is 2. The molecular weight excluding hydrogens is 374 g/mol. The van der Waals surface area contributed by atoms with E-state index in [1.807, 2.05) is 54.6 Å². The molecular formula is C21H27N3O3S. The number of amides is 1. The molecule has 0 bridgehead atoms. The summed E-state index contributed by atoms with van der Waals surface area (Å²) in [6.45, 7) is 4.20. The minimum atomic E-state index is -3.50. The van der Waals surface area contributed by atoms with Crippen LogP contribution < -0.4 is 5.43 Å². The highest BCUT2D eigenvalue weighted by Crippen LogP contribution is 2.13. The first kappa shape index (κ1) is 21.8. The van der Waals surface area contributed by atoms with Gasteiger partial charge < -0.3 is 0 Å². The summed E-state index contributed by atoms with van der Waals surface area (Å²) in [6, 6.07) is 17.4. The van der Waals surface area contributed by atoms with Crippen LogP contribution in [0.4, 0.5) is 0 Å². The number of sulfonamides is 1. The van der Waals surface area contributed by atoms with Crippen LogP contribution in [0.1, 0.15) is 36.5 Å². The Kier molecular flexibility index (Phi) is 7.90. The number of carbonyl (C=O) groups is 1. The fourth-order valence-electron chi connectivity index (χ4n) is 2.60. The maximum absolute atomic E-state index is 12.1. The van der Waals surface area contributed by atoms with Crippen LogP contribution in [0.15, 0.2) is 59.7 Å². The van der Waals surface area contributed by atoms with Crippen molar-refractivity contribution in [3.63, 3.8) is 0 Å². The molecule has 0 aliphatic rings. The Morgan fingerprint density at radius 1 is 1.11 bits per heavy atom. The van der Waals surface area contributed by atoms with Crippen molar-refractivity contribution < 1.29 is 13.2 Å². The fourth-order valence-corrected chi connectivity index (χ4v) is 3.38. The molecule has 0 aromatic heterocycles. The lowest BCUT2D eigenvalue weighted by Crippen LogP contribution is -2.40. The summed E-state index contributed by atoms with van der Waals surface area (Å²) < 4.78 is 25.1. The van der Waals surface area contributed by atoms with E-state index in [1.54, 1.807) is 0 Å². The van der Waals surface area contributed by atoms with E-state index in [2.05, 4.69) is 24.4 Å². The molecule has 2 aromatic rings. The second-order valence-electron chi connectivity index (χ2n) is 6.95. The lowest BCUT2D eigenvalue weighted by atomic mass is 10.0. The minimum absolute atomic E-state index is 0.233. The van der Waals surface area contributed by atoms with E-state index in [9.17, 15) is 13.2 Å². The van der Waals surface area contributed by atoms with Crippen LogP contribution in [-0.4, -0.2) is 44.2 Å². The Balaban J connectivity index is 1.90. The Bertz CT molecular complexity index is 892. The van der Waals surface area contributed by atoms with Crippen LogP contribution in [0.3, 0.4) is 0 Å². The van der Waals surface area contributed by atoms with E-state index in [4.69, 9.17) is 0 Å². The van der Waals surface area contributed by atoms with Crippen molar-refractivity contribution >= 4 is 22.1 Å². The monoisotopic (exact) mass is 401 g/mol. The van der Waals surface area contributed by atoms with Gasteiger partial charge in [0.25, 0.3) is 5.91 Å². The van der Waals surface area contributed by atoms with Gasteiger partial charge in [0.2, 0.25) is 10.0 Å². The van der Waals surface area contributed by atoms with Gasteiger partial charge in [0.1, 0.15) is 0 Å². The average Bonchev–Trinajstić information content (AvgIpc) is 2.65. The largest absolute Gasteiger partial charge is 0.272 e. The van der Waals surface area contributed by atoms with E-state index in [1.165, 1.54) is 11.8 Å². The van der Waals surface area contributed by atoms with E-state index < -0.39 is 15.9 Å². The van der Waals surface area contributed by atoms with Crippen LogP contribution in [0, 0.1) is 0 Å². The molecule has 1 N–H and O–H groups in total. The smallest absolute Gasteiger partial charge is 0.255 e. The van der Waals surface area contributed by atoms with Gasteiger partial charge in [0.15, 0.2) is 0 Å². The van der Waals surface area contributed by atoms with E-state index in [0.717, 1.165) is 21.7 Å². The van der Waals surface area contributed by atoms with Gasteiger partial charge in [-0.1, -0.05) is 68.4 Å². The summed E-state index contributed by atoms with van der Waals surface area (Å²) in [4.78, 5) is 12.1. The van der Waals surface area contributed by atoms with Gasteiger partial charge in [0.05, 0.1) is 19.0 Å². The molecule has 150 valence electrons. The third-order valence-corrected chi connectivity index (χ3v) is 5.54. The van der Waals surface area contributed by atoms with Gasteiger partial charge in [-0.3, -0.25) is 4.79 Å². The molecule has 0 spiro atoms. The molecule has 0 heterocycles. The molecule has 6 nitrogen and oxygen atoms in total. The molecule has 28 heavy (non-hydrogen) atoms. The maximum Gasteiger partial charge on any atom is 0.255 e. The summed E-state index contributed by atoms with van der Waals surface area (Å²) in [5, 5.41) is 3.92. The molecule has 0 fully saturated rings. The van der Waals surface area contributed by atoms with Crippen molar-refractivity contribution in [2.45, 2.75) is 26.2 Å². The van der Waals surface area contributed by atoms with Crippen molar-refractivity contribution in [2.24, 2.45) is 5.10 Å². The first-order chi connectivity index (χ1) is 13.3. The standard InChI is InChI=1S/C21H27N3O3S/c1-17(2)20-11-9-19(10-12-20)15-22-23-21(25)16-24(28(3,26)27)14-13-18-7-5-4-6-8-18/h4-12,15,17H,13-14,16H2,1-3H3,(H,23,25)/b22-15+. The average molecular weight is 402 g/mol. The number of hydrogen-bond donors (Lipinski definition) is 1. The van der Waals surface area contributed by atoms with Crippen LogP contribution in [0.5, 0.6) is 0 Å². The van der Waals surface area contributed by atoms with Gasteiger partial charge in [-0.05, 0) is 29.0 Å². The van der Waals surface area contributed by atoms with E-state index in [0.29, 0.717) is 12.3 Å². The van der Waals surface area contributed by atoms with Gasteiger partial charge in [-0.2, -0.15) is 9.41 Å². The Labute approximate surface area is 167 Å². The molecule has 0 aliphatic heterocycles. The zero-order chi connectivity index (χ0) is 20.6. The van der Waals surface area contributed by atoms with Crippen LogP contribution in [-0.2, 0) is 21.2 Å². The van der Waals surface area contributed by atoms with Gasteiger partial charge in [-0.15, -0.1) is 0 Å². The predicted octanol–water partition coefficient (Wildman–Crippen LogP) is 2.76. The third kappa shape index (κ3) is 7.25. The second-order valence-corrected chi connectivity index (χ2v) is 8.93. The maximum atomic E-state index is 12.1. The molecule has 7 heteroatoms. The quantitative estimate of drug-likeness (QED) is 0.518. The zero-order valence-electron chi connectivity index (χ0n) is 16.5. The summed E-state index contributed by atoms with van der Waals surface area (Å²) in [5.41, 5.74) is 5.49. The van der Waals surface area contributed by atoms with E-state index in [-0.39, 0.29) is 13.1 Å². The molecule has 1 amide bonds. The van der Waals surface area contributed by atoms with Crippen molar-refractivity contribution in [3.05, 3.63) is 71.3 Å². The fraction of sp³-hybridized carbons (Fsp3) is 0.333. The Morgan fingerprint density at radius 3 is 2.32 bits per heavy atom. The first-order valence-electron chi connectivity index (χ1n) is 9.16. The lowest BCUT2D eigenvalue weighted by Gasteiger charge is -2.18. The topological polar surface area (TPSA) is 78.8 Å². The van der Waals surface area contributed by atoms with Crippen LogP contribution >= 0.6 is 0 Å². The van der Waals surface area contributed by atoms with E-state index >= 15 is 0 Å². The van der Waals surface area contributed by atoms with Gasteiger partial charge in [0, 0.05) is 6.54 Å². The molecule has 0 radical (unpaired) electrons. The SMILES string of the molecule is CC(C)c1ccc(/C=N/NC(=O)CN(CCc2ccccc2)S(C)(=O)=O)cc1. The first-order valence-corrected chi connectivity index (χ1v) is 11.0. The minimum Gasteiger partial charge on any atom is -0.272 e. The molecule has 2 aromatic carbocycles. The highest BCUT2D eigenvalue weighted by Gasteiger charge is 2.19. The van der Waals surface area contributed by atoms with Gasteiger partial charge >= 0.3 is 0 Å². The number of hydrogen-bond acceptors (Lipinski definition) is 4. The predicted molar refractivity (Wildman–Crippen MR) is 113 cm³/mol. The van der Waals surface area contributed by atoms with Crippen molar-refractivity contribution in [2.75, 3.05) is 19.3 Å². The summed E-state index contributed by atoms with van der Waals surface area (Å²) in [7, 11) is -3.50. The molecule has 0 aliphatic carbocycles. The number of nitrogens with one attached hydrogen (secondary N) is 1. The third-order valence-electron chi connectivity index (χ3n) is 4.29. The number of hydrazone groups is 1. The second kappa shape index (κ2) is 10.1. The molecule has 0 unspecified atom stereocenters. The molecule has 0 atom stereocenters. The summed E-state index contributed by atoms with van der Waals surface area (Å²) in [6.07, 6.45) is 3.17. The van der Waals surface area contributed by atoms with Crippen LogP contribution in [0.25, 0.3) is 0 Å². The van der Waals surface area contributed by atoms with Crippen molar-refractivity contribution in [1.82, 2.24) is 9.73 Å². The molecule has 0 saturated heterocycles. The summed E-state index contributed by atoms with van der Waals surface area (Å²) in [5.74, 6) is -0.0305. The van der Waals surface area contributed by atoms with Gasteiger partial charge in [-0.25, -0.2) is 13.8 Å². The Morgan fingerprint density at radius 2 is 1.75 bits per heavy atom. The van der Waals surface area contributed by atoms with Crippen molar-refractivity contribution in [3.8, 4) is 0 Å². The lowest BCUT2D eigenvalue weighted by molar-refractivity contribution is -0.121. The normalized spacial score (nSPS) is 12.0. The zero-order valence-corrected chi connectivity index (χ0v) is 17.3. The highest BCUT2D eigenvalue weighted by molar-refractivity contribution is 7.88. The van der Waals surface area contributed by atoms with Crippen LogP contribution in [0.2, 0.25) is 0 Å².